The van der Waals surface area contributed by atoms with Crippen molar-refractivity contribution in [2.24, 2.45) is 0 Å². The highest BCUT2D eigenvalue weighted by Crippen LogP contribution is 2.35. The van der Waals surface area contributed by atoms with Crippen LogP contribution >= 0.6 is 0 Å². The summed E-state index contributed by atoms with van der Waals surface area (Å²) < 4.78 is 7.72. The summed E-state index contributed by atoms with van der Waals surface area (Å²) in [5.74, 6) is 1.42. The van der Waals surface area contributed by atoms with Crippen LogP contribution < -0.4 is 10.2 Å². The van der Waals surface area contributed by atoms with Crippen LogP contribution in [0.1, 0.15) is 56.6 Å². The van der Waals surface area contributed by atoms with Crippen molar-refractivity contribution in [3.8, 4) is 0 Å². The van der Waals surface area contributed by atoms with Crippen LogP contribution in [0.25, 0.3) is 11.2 Å². The van der Waals surface area contributed by atoms with Crippen LogP contribution in [0.3, 0.4) is 0 Å². The maximum atomic E-state index is 10.0. The molecule has 1 aromatic carbocycles. The first kappa shape index (κ1) is 23.6. The molecule has 0 amide bonds. The molecule has 4 heterocycles. The van der Waals surface area contributed by atoms with E-state index in [1.807, 2.05) is 6.33 Å². The van der Waals surface area contributed by atoms with Gasteiger partial charge in [0.2, 0.25) is 5.95 Å². The van der Waals surface area contributed by atoms with Crippen LogP contribution in [0.4, 0.5) is 17.5 Å². The van der Waals surface area contributed by atoms with Crippen LogP contribution in [0, 0.1) is 0 Å². The van der Waals surface area contributed by atoms with E-state index in [0.717, 1.165) is 81.3 Å². The predicted molar refractivity (Wildman–Crippen MR) is 141 cm³/mol. The molecule has 2 N–H and O–H groups in total. The molecule has 9 nitrogen and oxygen atoms in total. The first-order valence-electron chi connectivity index (χ1n) is 13.6. The number of imidazole rings is 1. The highest BCUT2D eigenvalue weighted by atomic mass is 16.5. The fourth-order valence-corrected chi connectivity index (χ4v) is 5.87. The van der Waals surface area contributed by atoms with E-state index in [1.165, 1.54) is 31.2 Å². The lowest BCUT2D eigenvalue weighted by molar-refractivity contribution is 0.0342. The van der Waals surface area contributed by atoms with Gasteiger partial charge in [-0.1, -0.05) is 25.0 Å². The van der Waals surface area contributed by atoms with Crippen molar-refractivity contribution in [1.29, 1.82) is 0 Å². The van der Waals surface area contributed by atoms with E-state index in [2.05, 4.69) is 43.9 Å². The Morgan fingerprint density at radius 3 is 2.50 bits per heavy atom. The van der Waals surface area contributed by atoms with Crippen molar-refractivity contribution < 1.29 is 9.84 Å². The van der Waals surface area contributed by atoms with Crippen molar-refractivity contribution in [3.63, 3.8) is 0 Å². The number of rotatable bonds is 7. The molecule has 0 spiro atoms. The number of anilines is 3. The van der Waals surface area contributed by atoms with Gasteiger partial charge in [-0.05, 0) is 49.8 Å². The number of ether oxygens (including phenoxy) is 1. The standard InChI is InChI=1S/C27H37N7O2/c35-18-23-7-3-4-12-33(23)27-30-25(24-26(31-27)34(19-28-24)22-5-1-2-6-22)29-21-10-8-20(9-11-21)17-32-13-15-36-16-14-32/h8-11,19,22-23,35H,1-7,12-18H2,(H,29,30,31). The van der Waals surface area contributed by atoms with Crippen LogP contribution in [-0.4, -0.2) is 75.0 Å². The zero-order valence-electron chi connectivity index (χ0n) is 21.0. The van der Waals surface area contributed by atoms with Gasteiger partial charge in [-0.15, -0.1) is 0 Å². The predicted octanol–water partition coefficient (Wildman–Crippen LogP) is 3.87. The van der Waals surface area contributed by atoms with Gasteiger partial charge in [-0.25, -0.2) is 4.98 Å². The molecule has 3 fully saturated rings. The van der Waals surface area contributed by atoms with E-state index in [9.17, 15) is 5.11 Å². The molecule has 2 aliphatic heterocycles. The number of piperidine rings is 1. The minimum Gasteiger partial charge on any atom is -0.394 e. The third-order valence-corrected chi connectivity index (χ3v) is 7.95. The number of nitrogens with one attached hydrogen (secondary N) is 1. The maximum Gasteiger partial charge on any atom is 0.229 e. The summed E-state index contributed by atoms with van der Waals surface area (Å²) >= 11 is 0. The molecule has 3 aromatic rings. The number of benzene rings is 1. The average Bonchev–Trinajstić information content (AvgIpc) is 3.60. The second-order valence-corrected chi connectivity index (χ2v) is 10.4. The molecule has 1 atom stereocenters. The summed E-state index contributed by atoms with van der Waals surface area (Å²) in [4.78, 5) is 19.4. The van der Waals surface area contributed by atoms with Crippen LogP contribution in [0.5, 0.6) is 0 Å². The van der Waals surface area contributed by atoms with Gasteiger partial charge in [-0.2, -0.15) is 9.97 Å². The summed E-state index contributed by atoms with van der Waals surface area (Å²) in [6, 6.07) is 9.11. The Bertz CT molecular complexity index is 1150. The lowest BCUT2D eigenvalue weighted by Gasteiger charge is -2.34. The van der Waals surface area contributed by atoms with Gasteiger partial charge in [0, 0.05) is 37.9 Å². The number of aliphatic hydroxyl groups is 1. The third-order valence-electron chi connectivity index (χ3n) is 7.95. The van der Waals surface area contributed by atoms with Gasteiger partial charge >= 0.3 is 0 Å². The van der Waals surface area contributed by atoms with E-state index < -0.39 is 0 Å². The minimum atomic E-state index is 0.0615. The molecule has 0 bridgehead atoms. The van der Waals surface area contributed by atoms with Gasteiger partial charge < -0.3 is 24.6 Å². The van der Waals surface area contributed by atoms with Crippen molar-refractivity contribution in [2.45, 2.75) is 63.6 Å². The van der Waals surface area contributed by atoms with Crippen LogP contribution in [0.15, 0.2) is 30.6 Å². The van der Waals surface area contributed by atoms with Crippen LogP contribution in [0.2, 0.25) is 0 Å². The largest absolute Gasteiger partial charge is 0.394 e. The van der Waals surface area contributed by atoms with Gasteiger partial charge in [-0.3, -0.25) is 4.90 Å². The molecular weight excluding hydrogens is 454 g/mol. The summed E-state index contributed by atoms with van der Waals surface area (Å²) in [6.07, 6.45) is 9.97. The Kier molecular flexibility index (Phi) is 7.03. The molecule has 192 valence electrons. The number of aliphatic hydroxyl groups excluding tert-OH is 1. The third kappa shape index (κ3) is 4.92. The first-order chi connectivity index (χ1) is 17.8. The molecule has 0 radical (unpaired) electrons. The van der Waals surface area contributed by atoms with E-state index in [4.69, 9.17) is 19.7 Å². The Balaban J connectivity index is 1.30. The van der Waals surface area contributed by atoms with E-state index in [1.54, 1.807) is 0 Å². The number of hydrogen-bond donors (Lipinski definition) is 2. The summed E-state index contributed by atoms with van der Waals surface area (Å²) in [7, 11) is 0. The second kappa shape index (κ2) is 10.7. The molecule has 2 saturated heterocycles. The Morgan fingerprint density at radius 2 is 1.72 bits per heavy atom. The molecule has 9 heteroatoms. The first-order valence-corrected chi connectivity index (χ1v) is 13.6. The monoisotopic (exact) mass is 491 g/mol. The smallest absolute Gasteiger partial charge is 0.229 e. The summed E-state index contributed by atoms with van der Waals surface area (Å²) in [6.45, 7) is 5.52. The highest BCUT2D eigenvalue weighted by Gasteiger charge is 2.27. The van der Waals surface area contributed by atoms with Crippen molar-refractivity contribution in [2.75, 3.05) is 49.7 Å². The lowest BCUT2D eigenvalue weighted by Crippen LogP contribution is -2.43. The van der Waals surface area contributed by atoms with E-state index in [-0.39, 0.29) is 12.6 Å². The van der Waals surface area contributed by atoms with Gasteiger partial charge in [0.15, 0.2) is 17.0 Å². The topological polar surface area (TPSA) is 91.6 Å². The molecule has 6 rings (SSSR count). The number of morpholine rings is 1. The van der Waals surface area contributed by atoms with E-state index >= 15 is 0 Å². The van der Waals surface area contributed by atoms with Gasteiger partial charge in [0.1, 0.15) is 0 Å². The number of nitrogens with zero attached hydrogens (tertiary/aromatic N) is 6. The number of hydrogen-bond acceptors (Lipinski definition) is 8. The SMILES string of the molecule is OCC1CCCCN1c1nc(Nc2ccc(CN3CCOCC3)cc2)c2ncn(C3CCCC3)c2n1. The van der Waals surface area contributed by atoms with Crippen molar-refractivity contribution in [3.05, 3.63) is 36.2 Å². The molecule has 2 aromatic heterocycles. The average molecular weight is 492 g/mol. The summed E-state index contributed by atoms with van der Waals surface area (Å²) in [5.41, 5.74) is 3.97. The molecule has 1 unspecified atom stereocenters. The molecule has 36 heavy (non-hydrogen) atoms. The Morgan fingerprint density at radius 1 is 0.944 bits per heavy atom. The van der Waals surface area contributed by atoms with Gasteiger partial charge in [0.25, 0.3) is 0 Å². The maximum absolute atomic E-state index is 10.0. The summed E-state index contributed by atoms with van der Waals surface area (Å²) in [5, 5.41) is 13.6. The van der Waals surface area contributed by atoms with Gasteiger partial charge in [0.05, 0.1) is 32.2 Å². The van der Waals surface area contributed by atoms with Crippen molar-refractivity contribution >= 4 is 28.6 Å². The zero-order chi connectivity index (χ0) is 24.3. The molecular formula is C27H37N7O2. The molecule has 1 aliphatic carbocycles. The van der Waals surface area contributed by atoms with Crippen molar-refractivity contribution in [1.82, 2.24) is 24.4 Å². The Labute approximate surface area is 212 Å². The van der Waals surface area contributed by atoms with Crippen LogP contribution in [-0.2, 0) is 11.3 Å². The minimum absolute atomic E-state index is 0.0615. The molecule has 3 aliphatic rings. The zero-order valence-corrected chi connectivity index (χ0v) is 21.0. The number of fused-ring (bicyclic) bond motifs is 1. The fraction of sp³-hybridized carbons (Fsp3) is 0.593. The molecule has 1 saturated carbocycles. The lowest BCUT2D eigenvalue weighted by atomic mass is 10.0. The Hall–Kier alpha value is -2.75. The fourth-order valence-electron chi connectivity index (χ4n) is 5.87. The highest BCUT2D eigenvalue weighted by molar-refractivity contribution is 5.86. The second-order valence-electron chi connectivity index (χ2n) is 10.4. The quantitative estimate of drug-likeness (QED) is 0.515. The normalized spacial score (nSPS) is 21.9. The number of aromatic nitrogens is 4. The van der Waals surface area contributed by atoms with E-state index in [0.29, 0.717) is 12.0 Å².